The van der Waals surface area contributed by atoms with Gasteiger partial charge >= 0.3 is 0 Å². The van der Waals surface area contributed by atoms with Crippen LogP contribution in [-0.2, 0) is 4.79 Å². The van der Waals surface area contributed by atoms with Crippen molar-refractivity contribution in [3.63, 3.8) is 0 Å². The van der Waals surface area contributed by atoms with E-state index >= 15 is 0 Å². The van der Waals surface area contributed by atoms with Gasteiger partial charge in [-0.1, -0.05) is 29.8 Å². The number of carbonyl (C=O) groups is 2. The highest BCUT2D eigenvalue weighted by atomic mass is 35.5. The molecule has 2 N–H and O–H groups in total. The third-order valence-electron chi connectivity index (χ3n) is 3.48. The van der Waals surface area contributed by atoms with Crippen molar-refractivity contribution in [3.05, 3.63) is 59.1 Å². The Kier molecular flexibility index (Phi) is 6.14. The molecule has 0 unspecified atom stereocenters. The van der Waals surface area contributed by atoms with Crippen LogP contribution in [0.3, 0.4) is 0 Å². The van der Waals surface area contributed by atoms with Crippen molar-refractivity contribution in [2.45, 2.75) is 13.3 Å². The number of para-hydroxylation sites is 1. The van der Waals surface area contributed by atoms with Crippen LogP contribution in [0.15, 0.2) is 53.6 Å². The second-order valence-corrected chi connectivity index (χ2v) is 5.85. The number of halogens is 1. The number of rotatable bonds is 5. The molecule has 0 aliphatic rings. The Bertz CT molecular complexity index is 806. The number of phenolic OH excluding ortho intramolecular Hbond substituents is 1. The first-order valence-electron chi connectivity index (χ1n) is 7.52. The highest BCUT2D eigenvalue weighted by Crippen LogP contribution is 2.21. The molecule has 0 bridgehead atoms. The molecule has 25 heavy (non-hydrogen) atoms. The molecule has 0 radical (unpaired) electrons. The van der Waals surface area contributed by atoms with Crippen molar-refractivity contribution in [3.8, 4) is 5.75 Å². The summed E-state index contributed by atoms with van der Waals surface area (Å²) in [7, 11) is 1.67. The van der Waals surface area contributed by atoms with Gasteiger partial charge in [0.25, 0.3) is 5.91 Å². The summed E-state index contributed by atoms with van der Waals surface area (Å²) < 4.78 is 0. The summed E-state index contributed by atoms with van der Waals surface area (Å²) in [5.74, 6) is -0.967. The molecule has 0 saturated heterocycles. The van der Waals surface area contributed by atoms with Gasteiger partial charge in [0.15, 0.2) is 0 Å². The molecular formula is C18H18ClN3O3. The SMILES string of the molecule is C/C(CC(=O)N(C)c1ccccc1)=N/NC(=O)c1cc(Cl)ccc1O. The Morgan fingerprint density at radius 3 is 2.56 bits per heavy atom. The standard InChI is InChI=1S/C18H18ClN3O3/c1-12(10-17(24)22(2)14-6-4-3-5-7-14)20-21-18(25)15-11-13(19)8-9-16(15)23/h3-9,11,23H,10H2,1-2H3,(H,21,25)/b20-12-. The first-order valence-corrected chi connectivity index (χ1v) is 7.90. The fraction of sp³-hybridized carbons (Fsp3) is 0.167. The lowest BCUT2D eigenvalue weighted by molar-refractivity contribution is -0.117. The van der Waals surface area contributed by atoms with E-state index in [4.69, 9.17) is 11.6 Å². The van der Waals surface area contributed by atoms with E-state index in [-0.39, 0.29) is 23.6 Å². The minimum atomic E-state index is -0.608. The van der Waals surface area contributed by atoms with E-state index in [2.05, 4.69) is 10.5 Å². The van der Waals surface area contributed by atoms with E-state index in [1.54, 1.807) is 14.0 Å². The molecule has 0 aliphatic carbocycles. The van der Waals surface area contributed by atoms with Gasteiger partial charge in [0.2, 0.25) is 5.91 Å². The fourth-order valence-corrected chi connectivity index (χ4v) is 2.24. The third-order valence-corrected chi connectivity index (χ3v) is 3.71. The monoisotopic (exact) mass is 359 g/mol. The number of anilines is 1. The molecule has 7 heteroatoms. The van der Waals surface area contributed by atoms with Crippen LogP contribution >= 0.6 is 11.6 Å². The van der Waals surface area contributed by atoms with Crippen LogP contribution in [0, 0.1) is 0 Å². The van der Waals surface area contributed by atoms with Gasteiger partial charge in [0.05, 0.1) is 12.0 Å². The zero-order valence-electron chi connectivity index (χ0n) is 13.9. The van der Waals surface area contributed by atoms with Crippen molar-refractivity contribution in [2.75, 3.05) is 11.9 Å². The second-order valence-electron chi connectivity index (χ2n) is 5.41. The predicted octanol–water partition coefficient (Wildman–Crippen LogP) is 3.20. The minimum Gasteiger partial charge on any atom is -0.507 e. The number of phenols is 1. The van der Waals surface area contributed by atoms with Crippen LogP contribution in [0.5, 0.6) is 5.75 Å². The molecular weight excluding hydrogens is 342 g/mol. The maximum atomic E-state index is 12.2. The van der Waals surface area contributed by atoms with Crippen molar-refractivity contribution >= 4 is 34.8 Å². The summed E-state index contributed by atoms with van der Waals surface area (Å²) in [6.45, 7) is 1.63. The van der Waals surface area contributed by atoms with Gasteiger partial charge in [-0.3, -0.25) is 9.59 Å². The fourth-order valence-electron chi connectivity index (χ4n) is 2.07. The Morgan fingerprint density at radius 2 is 1.88 bits per heavy atom. The normalized spacial score (nSPS) is 11.1. The van der Waals surface area contributed by atoms with Gasteiger partial charge < -0.3 is 10.0 Å². The zero-order valence-corrected chi connectivity index (χ0v) is 14.6. The summed E-state index contributed by atoms with van der Waals surface area (Å²) >= 11 is 5.81. The van der Waals surface area contributed by atoms with E-state index in [9.17, 15) is 14.7 Å². The number of hydrogen-bond acceptors (Lipinski definition) is 4. The first-order chi connectivity index (χ1) is 11.9. The van der Waals surface area contributed by atoms with Gasteiger partial charge in [0.1, 0.15) is 5.75 Å². The number of amides is 2. The highest BCUT2D eigenvalue weighted by molar-refractivity contribution is 6.31. The van der Waals surface area contributed by atoms with Crippen LogP contribution in [-0.4, -0.2) is 29.7 Å². The van der Waals surface area contributed by atoms with Crippen LogP contribution in [0.2, 0.25) is 5.02 Å². The molecule has 0 saturated carbocycles. The molecule has 0 atom stereocenters. The van der Waals surface area contributed by atoms with Crippen molar-refractivity contribution in [1.82, 2.24) is 5.43 Å². The molecule has 0 aromatic heterocycles. The number of nitrogens with one attached hydrogen (secondary N) is 1. The van der Waals surface area contributed by atoms with Crippen molar-refractivity contribution in [1.29, 1.82) is 0 Å². The molecule has 0 fully saturated rings. The maximum Gasteiger partial charge on any atom is 0.275 e. The molecule has 0 spiro atoms. The number of nitrogens with zero attached hydrogens (tertiary/aromatic N) is 2. The second kappa shape index (κ2) is 8.30. The minimum absolute atomic E-state index is 0.0109. The molecule has 2 amide bonds. The lowest BCUT2D eigenvalue weighted by atomic mass is 10.2. The predicted molar refractivity (Wildman–Crippen MR) is 98.2 cm³/mol. The lowest BCUT2D eigenvalue weighted by Crippen LogP contribution is -2.28. The lowest BCUT2D eigenvalue weighted by Gasteiger charge is -2.17. The van der Waals surface area contributed by atoms with E-state index in [0.717, 1.165) is 5.69 Å². The van der Waals surface area contributed by atoms with Gasteiger partial charge in [-0.15, -0.1) is 0 Å². The van der Waals surface area contributed by atoms with Crippen molar-refractivity contribution < 1.29 is 14.7 Å². The van der Waals surface area contributed by atoms with E-state index in [1.807, 2.05) is 30.3 Å². The van der Waals surface area contributed by atoms with E-state index < -0.39 is 5.91 Å². The van der Waals surface area contributed by atoms with Gasteiger partial charge in [-0.2, -0.15) is 5.10 Å². The van der Waals surface area contributed by atoms with Crippen LogP contribution in [0.4, 0.5) is 5.69 Å². The number of benzene rings is 2. The molecule has 2 aromatic carbocycles. The van der Waals surface area contributed by atoms with Crippen molar-refractivity contribution in [2.24, 2.45) is 5.10 Å². The van der Waals surface area contributed by atoms with Gasteiger partial charge in [-0.25, -0.2) is 5.43 Å². The summed E-state index contributed by atoms with van der Waals surface area (Å²) in [6.07, 6.45) is 0.0488. The zero-order chi connectivity index (χ0) is 18.4. The summed E-state index contributed by atoms with van der Waals surface area (Å²) in [5.41, 5.74) is 3.53. The molecule has 130 valence electrons. The maximum absolute atomic E-state index is 12.2. The Hall–Kier alpha value is -2.86. The van der Waals surface area contributed by atoms with Crippen LogP contribution in [0.1, 0.15) is 23.7 Å². The summed E-state index contributed by atoms with van der Waals surface area (Å²) in [4.78, 5) is 25.8. The number of hydrogen-bond donors (Lipinski definition) is 2. The van der Waals surface area contributed by atoms with Crippen LogP contribution in [0.25, 0.3) is 0 Å². The van der Waals surface area contributed by atoms with E-state index in [0.29, 0.717) is 10.7 Å². The van der Waals surface area contributed by atoms with E-state index in [1.165, 1.54) is 23.1 Å². The number of aromatic hydroxyl groups is 1. The average molecular weight is 360 g/mol. The third kappa shape index (κ3) is 5.06. The molecule has 2 rings (SSSR count). The smallest absolute Gasteiger partial charge is 0.275 e. The average Bonchev–Trinajstić information content (AvgIpc) is 2.61. The largest absolute Gasteiger partial charge is 0.507 e. The first kappa shape index (κ1) is 18.5. The summed E-state index contributed by atoms with van der Waals surface area (Å²) in [5, 5.41) is 13.9. The Balaban J connectivity index is 1.98. The molecule has 2 aromatic rings. The summed E-state index contributed by atoms with van der Waals surface area (Å²) in [6, 6.07) is 13.4. The van der Waals surface area contributed by atoms with Gasteiger partial charge in [0, 0.05) is 23.5 Å². The Labute approximate surface area is 150 Å². The Morgan fingerprint density at radius 1 is 1.20 bits per heavy atom. The number of carbonyl (C=O) groups excluding carboxylic acids is 2. The highest BCUT2D eigenvalue weighted by Gasteiger charge is 2.14. The molecule has 0 aliphatic heterocycles. The topological polar surface area (TPSA) is 82.0 Å². The number of hydrazone groups is 1. The van der Waals surface area contributed by atoms with Gasteiger partial charge in [-0.05, 0) is 37.3 Å². The van der Waals surface area contributed by atoms with Crippen LogP contribution < -0.4 is 10.3 Å². The quantitative estimate of drug-likeness (QED) is 0.635. The molecule has 6 nitrogen and oxygen atoms in total. The molecule has 0 heterocycles.